The fourth-order valence-corrected chi connectivity index (χ4v) is 0.229. The largest absolute Gasteiger partial charge is 0.768 e. The van der Waals surface area contributed by atoms with Gasteiger partial charge in [0.05, 0.1) is 0 Å². The van der Waals surface area contributed by atoms with Crippen LogP contribution in [0.2, 0.25) is 0 Å². The molecule has 0 atom stereocenters. The highest BCUT2D eigenvalue weighted by molar-refractivity contribution is 6.24. The van der Waals surface area contributed by atoms with E-state index in [9.17, 15) is 13.2 Å². The fourth-order valence-electron chi connectivity index (χ4n) is 0.0762. The van der Waals surface area contributed by atoms with Crippen LogP contribution in [0.3, 0.4) is 0 Å². The van der Waals surface area contributed by atoms with E-state index in [2.05, 4.69) is 4.43 Å². The summed E-state index contributed by atoms with van der Waals surface area (Å²) in [5.74, 6) is 0. The Balaban J connectivity index is 3.13. The normalized spacial score (nSPS) is 9.00. The van der Waals surface area contributed by atoms with Crippen molar-refractivity contribution < 1.29 is 22.5 Å². The second-order valence-electron chi connectivity index (χ2n) is 0.644. The molecule has 42 valence electrons. The van der Waals surface area contributed by atoms with Crippen LogP contribution < -0.4 is 0 Å². The van der Waals surface area contributed by atoms with Gasteiger partial charge >= 0.3 is 15.8 Å². The highest BCUT2D eigenvalue weighted by Crippen LogP contribution is 1.90. The Morgan fingerprint density at radius 2 is 2.14 bits per heavy atom. The Morgan fingerprint density at radius 3 is 2.14 bits per heavy atom. The molecule has 0 fully saturated rings. The van der Waals surface area contributed by atoms with Crippen molar-refractivity contribution >= 4 is 9.17 Å². The molecule has 0 aromatic rings. The lowest BCUT2D eigenvalue weighted by molar-refractivity contribution is -0.0678. The van der Waals surface area contributed by atoms with E-state index in [1.165, 1.54) is 0 Å². The number of rotatable bonds is 2. The van der Waals surface area contributed by atoms with Crippen LogP contribution in [-0.4, -0.2) is 20.6 Å². The molecule has 0 aliphatic rings. The average molecular weight is 128 g/mol. The summed E-state index contributed by atoms with van der Waals surface area (Å²) in [5.41, 5.74) is 0. The summed E-state index contributed by atoms with van der Waals surface area (Å²) in [6.07, 6.45) is 0. The molecule has 0 unspecified atom stereocenters. The van der Waals surface area contributed by atoms with E-state index in [0.717, 1.165) is 0 Å². The molecule has 0 bridgehead atoms. The van der Waals surface area contributed by atoms with Crippen molar-refractivity contribution in [2.45, 2.75) is 6.61 Å². The molecular weight excluding hydrogens is 126 g/mol. The standard InChI is InChI=1S/CH2F2O3Si/c2-1(3)6-7(4)5/h1,4H. The minimum atomic E-state index is -3.43. The van der Waals surface area contributed by atoms with Crippen LogP contribution in [0.4, 0.5) is 8.78 Å². The average Bonchev–Trinajstić information content (AvgIpc) is 1.27. The summed E-state index contributed by atoms with van der Waals surface area (Å²) in [7, 11) is -3.43. The molecule has 0 aromatic heterocycles. The van der Waals surface area contributed by atoms with E-state index in [4.69, 9.17) is 4.80 Å². The fraction of sp³-hybridized carbons (Fsp3) is 1.00. The molecule has 0 radical (unpaired) electrons. The van der Waals surface area contributed by atoms with Crippen LogP contribution in [0, 0.1) is 0 Å². The molecular formula is CH2F2O3Si. The van der Waals surface area contributed by atoms with Crippen LogP contribution in [0.25, 0.3) is 0 Å². The van der Waals surface area contributed by atoms with E-state index >= 15 is 0 Å². The third-order valence-electron chi connectivity index (χ3n) is 0.190. The molecule has 0 amide bonds. The zero-order chi connectivity index (χ0) is 5.86. The van der Waals surface area contributed by atoms with Crippen molar-refractivity contribution in [3.05, 3.63) is 0 Å². The van der Waals surface area contributed by atoms with Gasteiger partial charge in [-0.1, -0.05) is 0 Å². The van der Waals surface area contributed by atoms with Crippen LogP contribution in [0.15, 0.2) is 0 Å². The minimum Gasteiger partial charge on any atom is -0.511 e. The first-order valence-corrected chi connectivity index (χ1v) is 2.57. The van der Waals surface area contributed by atoms with Crippen LogP contribution in [0.5, 0.6) is 0 Å². The highest BCUT2D eigenvalue weighted by Gasteiger charge is 2.10. The zero-order valence-electron chi connectivity index (χ0n) is 3.10. The molecule has 6 heteroatoms. The first-order valence-electron chi connectivity index (χ1n) is 1.30. The van der Waals surface area contributed by atoms with Crippen molar-refractivity contribution in [3.8, 4) is 0 Å². The van der Waals surface area contributed by atoms with Crippen molar-refractivity contribution in [3.63, 3.8) is 0 Å². The smallest absolute Gasteiger partial charge is 0.511 e. The predicted molar refractivity (Wildman–Crippen MR) is 15.7 cm³/mol. The third-order valence-corrected chi connectivity index (χ3v) is 0.570. The number of hydrogen-bond donors (Lipinski definition) is 1. The van der Waals surface area contributed by atoms with Crippen LogP contribution in [-0.2, 0) is 8.89 Å². The first-order chi connectivity index (χ1) is 3.13. The second kappa shape index (κ2) is 2.62. The molecule has 0 aliphatic carbocycles. The number of halogens is 2. The minimum absolute atomic E-state index is 3.02. The van der Waals surface area contributed by atoms with E-state index in [0.29, 0.717) is 0 Å². The van der Waals surface area contributed by atoms with Crippen molar-refractivity contribution in [2.75, 3.05) is 0 Å². The predicted octanol–water partition coefficient (Wildman–Crippen LogP) is -0.367. The lowest BCUT2D eigenvalue weighted by Crippen LogP contribution is -2.09. The Labute approximate surface area is 39.4 Å². The van der Waals surface area contributed by atoms with Gasteiger partial charge in [-0.25, -0.2) is 0 Å². The quantitative estimate of drug-likeness (QED) is 0.516. The molecule has 0 saturated carbocycles. The maximum Gasteiger partial charge on any atom is 0.768 e. The molecule has 0 aromatic carbocycles. The van der Waals surface area contributed by atoms with Crippen molar-refractivity contribution in [1.82, 2.24) is 0 Å². The summed E-state index contributed by atoms with van der Waals surface area (Å²) in [4.78, 5) is 7.57. The molecule has 3 nitrogen and oxygen atoms in total. The van der Waals surface area contributed by atoms with Gasteiger partial charge in [-0.15, -0.1) is 0 Å². The lowest BCUT2D eigenvalue weighted by Gasteiger charge is -1.91. The van der Waals surface area contributed by atoms with Crippen LogP contribution >= 0.6 is 0 Å². The number of hydrogen-bond acceptors (Lipinski definition) is 2. The van der Waals surface area contributed by atoms with Gasteiger partial charge in [0.25, 0.3) is 0 Å². The van der Waals surface area contributed by atoms with Gasteiger partial charge in [0.1, 0.15) is 0 Å². The van der Waals surface area contributed by atoms with Gasteiger partial charge in [0.15, 0.2) is 0 Å². The summed E-state index contributed by atoms with van der Waals surface area (Å²) >= 11 is 0. The third kappa shape index (κ3) is 5.48. The van der Waals surface area contributed by atoms with Gasteiger partial charge in [0.2, 0.25) is 0 Å². The van der Waals surface area contributed by atoms with Crippen LogP contribution in [0.1, 0.15) is 0 Å². The summed E-state index contributed by atoms with van der Waals surface area (Å²) in [5, 5.41) is 0. The molecule has 1 N–H and O–H groups in total. The second-order valence-corrected chi connectivity index (χ2v) is 1.41. The lowest BCUT2D eigenvalue weighted by atomic mass is 11.5. The SMILES string of the molecule is O=[Si](O)OC(F)F. The van der Waals surface area contributed by atoms with Gasteiger partial charge in [-0.2, -0.15) is 8.78 Å². The van der Waals surface area contributed by atoms with Gasteiger partial charge in [-0.05, 0) is 0 Å². The van der Waals surface area contributed by atoms with Crippen molar-refractivity contribution in [2.24, 2.45) is 0 Å². The molecule has 0 aliphatic heterocycles. The monoisotopic (exact) mass is 128 g/mol. The van der Waals surface area contributed by atoms with Gasteiger partial charge in [-0.3, -0.25) is 4.46 Å². The summed E-state index contributed by atoms with van der Waals surface area (Å²) in [6, 6.07) is 0. The zero-order valence-corrected chi connectivity index (χ0v) is 4.10. The Kier molecular flexibility index (Phi) is 2.42. The molecule has 0 spiro atoms. The van der Waals surface area contributed by atoms with Gasteiger partial charge < -0.3 is 9.22 Å². The summed E-state index contributed by atoms with van der Waals surface area (Å²) in [6.45, 7) is -3.14. The molecule has 0 rings (SSSR count). The first kappa shape index (κ1) is 6.48. The van der Waals surface area contributed by atoms with E-state index < -0.39 is 15.8 Å². The highest BCUT2D eigenvalue weighted by atomic mass is 28.3. The van der Waals surface area contributed by atoms with E-state index in [1.807, 2.05) is 0 Å². The molecule has 7 heavy (non-hydrogen) atoms. The molecule has 0 heterocycles. The Bertz CT molecular complexity index is 73.3. The maximum absolute atomic E-state index is 10.7. The number of alkyl halides is 2. The van der Waals surface area contributed by atoms with E-state index in [-0.39, 0.29) is 0 Å². The summed E-state index contributed by atoms with van der Waals surface area (Å²) < 4.78 is 33.8. The molecule has 0 saturated heterocycles. The van der Waals surface area contributed by atoms with Crippen molar-refractivity contribution in [1.29, 1.82) is 0 Å². The maximum atomic E-state index is 10.7. The van der Waals surface area contributed by atoms with E-state index in [1.54, 1.807) is 0 Å². The van der Waals surface area contributed by atoms with Gasteiger partial charge in [0, 0.05) is 0 Å². The Hall–Kier alpha value is -0.523. The topological polar surface area (TPSA) is 46.5 Å². The Morgan fingerprint density at radius 1 is 1.71 bits per heavy atom.